The lowest BCUT2D eigenvalue weighted by Crippen LogP contribution is -2.12. The van der Waals surface area contributed by atoms with Crippen LogP contribution in [0.25, 0.3) is 27.9 Å². The van der Waals surface area contributed by atoms with Crippen molar-refractivity contribution in [1.29, 1.82) is 0 Å². The van der Waals surface area contributed by atoms with E-state index in [0.29, 0.717) is 22.6 Å². The lowest BCUT2D eigenvalue weighted by Gasteiger charge is -2.09. The molecule has 0 spiro atoms. The Hall–Kier alpha value is -4.37. The molecule has 3 heterocycles. The number of hydrogen-bond donors (Lipinski definition) is 2. The van der Waals surface area contributed by atoms with Gasteiger partial charge >= 0.3 is 0 Å². The Kier molecular flexibility index (Phi) is 4.92. The quantitative estimate of drug-likeness (QED) is 0.441. The predicted octanol–water partition coefficient (Wildman–Crippen LogP) is 2.94. The zero-order chi connectivity index (χ0) is 22.1. The molecular weight excluding hydrogens is 408 g/mol. The van der Waals surface area contributed by atoms with Crippen LogP contribution in [0, 0.1) is 0 Å². The van der Waals surface area contributed by atoms with Gasteiger partial charge in [-0.3, -0.25) is 4.79 Å². The van der Waals surface area contributed by atoms with Crippen molar-refractivity contribution in [3.8, 4) is 17.1 Å². The molecule has 0 atom stereocenters. The van der Waals surface area contributed by atoms with Gasteiger partial charge in [-0.1, -0.05) is 18.2 Å². The molecule has 0 aliphatic rings. The Labute approximate surface area is 182 Å². The zero-order valence-electron chi connectivity index (χ0n) is 17.1. The van der Waals surface area contributed by atoms with Crippen molar-refractivity contribution in [2.45, 2.75) is 6.61 Å². The van der Waals surface area contributed by atoms with Gasteiger partial charge in [-0.2, -0.15) is 4.52 Å². The minimum Gasteiger partial charge on any atom is -0.497 e. The standard InChI is InChI=1S/C23H18N6O3/c1-32-16-10-8-14(9-11-16)20-27-21-17-6-4-5-15(13-30)19(17)26-23(29(21)28-20)25-18-7-2-3-12-24-22(18)31/h2-12,30H,13H2,1H3,(H,24,25,26,31). The second kappa shape index (κ2) is 8.05. The highest BCUT2D eigenvalue weighted by atomic mass is 16.5. The van der Waals surface area contributed by atoms with Gasteiger partial charge in [-0.25, -0.2) is 15.0 Å². The molecule has 0 saturated heterocycles. The van der Waals surface area contributed by atoms with Crippen LogP contribution in [0.4, 0.5) is 11.6 Å². The summed E-state index contributed by atoms with van der Waals surface area (Å²) in [6.07, 6.45) is 1.43. The van der Waals surface area contributed by atoms with E-state index >= 15 is 0 Å². The third-order valence-electron chi connectivity index (χ3n) is 5.03. The van der Waals surface area contributed by atoms with Gasteiger partial charge in [-0.15, -0.1) is 5.10 Å². The number of aliphatic hydroxyl groups is 1. The van der Waals surface area contributed by atoms with Crippen LogP contribution in [0.1, 0.15) is 5.56 Å². The van der Waals surface area contributed by atoms with Crippen LogP contribution in [-0.4, -0.2) is 36.8 Å². The van der Waals surface area contributed by atoms with E-state index in [4.69, 9.17) is 9.72 Å². The van der Waals surface area contributed by atoms with Gasteiger partial charge in [0.2, 0.25) is 5.95 Å². The maximum absolute atomic E-state index is 12.3. The van der Waals surface area contributed by atoms with E-state index in [1.807, 2.05) is 36.4 Å². The maximum atomic E-state index is 12.3. The molecule has 9 heteroatoms. The number of nitrogens with one attached hydrogen (secondary N) is 1. The summed E-state index contributed by atoms with van der Waals surface area (Å²) in [5.41, 5.74) is 2.35. The number of methoxy groups -OCH3 is 1. The summed E-state index contributed by atoms with van der Waals surface area (Å²) in [7, 11) is 1.61. The lowest BCUT2D eigenvalue weighted by atomic mass is 10.1. The highest BCUT2D eigenvalue weighted by Gasteiger charge is 2.17. The average molecular weight is 426 g/mol. The monoisotopic (exact) mass is 426 g/mol. The first-order valence-electron chi connectivity index (χ1n) is 9.84. The van der Waals surface area contributed by atoms with Crippen molar-refractivity contribution < 1.29 is 9.84 Å². The first-order valence-corrected chi connectivity index (χ1v) is 9.84. The van der Waals surface area contributed by atoms with Crippen molar-refractivity contribution in [3.05, 3.63) is 82.8 Å². The van der Waals surface area contributed by atoms with Crippen molar-refractivity contribution in [2.24, 2.45) is 0 Å². The van der Waals surface area contributed by atoms with Crippen LogP contribution in [0.5, 0.6) is 5.75 Å². The van der Waals surface area contributed by atoms with E-state index in [1.54, 1.807) is 35.9 Å². The van der Waals surface area contributed by atoms with E-state index in [-0.39, 0.29) is 18.2 Å². The molecule has 0 amide bonds. The highest BCUT2D eigenvalue weighted by molar-refractivity contribution is 5.95. The smallest absolute Gasteiger partial charge is 0.293 e. The Balaban J connectivity index is 1.76. The fourth-order valence-corrected chi connectivity index (χ4v) is 3.43. The van der Waals surface area contributed by atoms with Crippen LogP contribution in [0.15, 0.2) is 71.7 Å². The predicted molar refractivity (Wildman–Crippen MR) is 120 cm³/mol. The van der Waals surface area contributed by atoms with Crippen LogP contribution in [-0.2, 0) is 6.61 Å². The summed E-state index contributed by atoms with van der Waals surface area (Å²) in [5, 5.41) is 18.2. The summed E-state index contributed by atoms with van der Waals surface area (Å²) in [6.45, 7) is -0.186. The van der Waals surface area contributed by atoms with Crippen molar-refractivity contribution >= 4 is 28.2 Å². The minimum absolute atomic E-state index is 0.186. The number of rotatable bonds is 5. The number of hydrogen-bond acceptors (Lipinski definition) is 8. The molecule has 0 unspecified atom stereocenters. The Bertz CT molecular complexity index is 1500. The number of para-hydroxylation sites is 1. The Morgan fingerprint density at radius 3 is 2.66 bits per heavy atom. The van der Waals surface area contributed by atoms with E-state index in [2.05, 4.69) is 20.4 Å². The second-order valence-corrected chi connectivity index (χ2v) is 6.98. The van der Waals surface area contributed by atoms with Crippen molar-refractivity contribution in [3.63, 3.8) is 0 Å². The summed E-state index contributed by atoms with van der Waals surface area (Å²) < 4.78 is 6.78. The third-order valence-corrected chi connectivity index (χ3v) is 5.03. The molecule has 5 aromatic rings. The average Bonchev–Trinajstić information content (AvgIpc) is 3.19. The molecule has 3 aromatic heterocycles. The molecule has 0 radical (unpaired) electrons. The number of ether oxygens (including phenoxy) is 1. The minimum atomic E-state index is -0.434. The Morgan fingerprint density at radius 2 is 1.88 bits per heavy atom. The van der Waals surface area contributed by atoms with E-state index in [9.17, 15) is 9.90 Å². The van der Waals surface area contributed by atoms with Gasteiger partial charge in [0.05, 0.1) is 19.2 Å². The number of nitrogens with zero attached hydrogens (tertiary/aromatic N) is 5. The maximum Gasteiger partial charge on any atom is 0.293 e. The molecular formula is C23H18N6O3. The van der Waals surface area contributed by atoms with Gasteiger partial charge in [-0.05, 0) is 42.5 Å². The van der Waals surface area contributed by atoms with Crippen molar-refractivity contribution in [2.75, 3.05) is 12.4 Å². The van der Waals surface area contributed by atoms with Gasteiger partial charge in [0.1, 0.15) is 11.4 Å². The topological polar surface area (TPSA) is 115 Å². The number of fused-ring (bicyclic) bond motifs is 3. The van der Waals surface area contributed by atoms with Crippen LogP contribution >= 0.6 is 0 Å². The molecule has 0 aliphatic heterocycles. The van der Waals surface area contributed by atoms with Gasteiger partial charge in [0.25, 0.3) is 5.56 Å². The second-order valence-electron chi connectivity index (χ2n) is 6.98. The molecule has 2 aromatic carbocycles. The number of anilines is 2. The summed E-state index contributed by atoms with van der Waals surface area (Å²) >= 11 is 0. The molecule has 0 saturated carbocycles. The van der Waals surface area contributed by atoms with Gasteiger partial charge in [0, 0.05) is 22.7 Å². The SMILES string of the molecule is COc1ccc(-c2nc3c4cccc(CO)c4nc(Nc4ccccnc4=O)n3n2)cc1. The first kappa shape index (κ1) is 19.6. The molecule has 32 heavy (non-hydrogen) atoms. The fraction of sp³-hybridized carbons (Fsp3) is 0.0870. The molecule has 0 bridgehead atoms. The van der Waals surface area contributed by atoms with E-state index in [1.165, 1.54) is 6.20 Å². The molecule has 9 nitrogen and oxygen atoms in total. The van der Waals surface area contributed by atoms with Crippen LogP contribution in [0.2, 0.25) is 0 Å². The number of aromatic nitrogens is 5. The molecule has 2 N–H and O–H groups in total. The molecule has 158 valence electrons. The molecule has 0 fully saturated rings. The fourth-order valence-electron chi connectivity index (χ4n) is 3.43. The first-order chi connectivity index (χ1) is 15.7. The third kappa shape index (κ3) is 3.40. The van der Waals surface area contributed by atoms with Gasteiger partial charge < -0.3 is 15.2 Å². The van der Waals surface area contributed by atoms with Gasteiger partial charge in [0.15, 0.2) is 11.5 Å². The van der Waals surface area contributed by atoms with Crippen molar-refractivity contribution in [1.82, 2.24) is 24.6 Å². The highest BCUT2D eigenvalue weighted by Crippen LogP contribution is 2.27. The lowest BCUT2D eigenvalue weighted by molar-refractivity contribution is 0.283. The molecule has 5 rings (SSSR count). The summed E-state index contributed by atoms with van der Waals surface area (Å²) in [6, 6.07) is 17.9. The largest absolute Gasteiger partial charge is 0.497 e. The summed E-state index contributed by atoms with van der Waals surface area (Å²) in [4.78, 5) is 25.6. The van der Waals surface area contributed by atoms with Crippen LogP contribution in [0.3, 0.4) is 0 Å². The van der Waals surface area contributed by atoms with Crippen LogP contribution < -0.4 is 15.6 Å². The van der Waals surface area contributed by atoms with E-state index in [0.717, 1.165) is 16.7 Å². The summed E-state index contributed by atoms with van der Waals surface area (Å²) in [5.74, 6) is 1.50. The molecule has 0 aliphatic carbocycles. The van der Waals surface area contributed by atoms with E-state index < -0.39 is 5.56 Å². The normalized spacial score (nSPS) is 11.1. The number of benzene rings is 2. The Morgan fingerprint density at radius 1 is 1.03 bits per heavy atom. The number of aliphatic hydroxyl groups excluding tert-OH is 1. The zero-order valence-corrected chi connectivity index (χ0v) is 17.1.